The van der Waals surface area contributed by atoms with Gasteiger partial charge >= 0.3 is 0 Å². The summed E-state index contributed by atoms with van der Waals surface area (Å²) in [5.74, 6) is 6.63. The third-order valence-corrected chi connectivity index (χ3v) is 7.14. The van der Waals surface area contributed by atoms with Gasteiger partial charge in [0.05, 0.1) is 10.6 Å². The van der Waals surface area contributed by atoms with E-state index in [4.69, 9.17) is 10.6 Å². The molecule has 0 aliphatic heterocycles. The number of nitrogens with two attached hydrogens (primary N) is 1. The first-order valence-electron chi connectivity index (χ1n) is 8.04. The van der Waals surface area contributed by atoms with E-state index >= 15 is 0 Å². The fourth-order valence-electron chi connectivity index (χ4n) is 2.19. The molecule has 3 aromatic rings. The van der Waals surface area contributed by atoms with Crippen molar-refractivity contribution in [1.29, 1.82) is 0 Å². The van der Waals surface area contributed by atoms with E-state index in [2.05, 4.69) is 26.1 Å². The van der Waals surface area contributed by atoms with Crippen LogP contribution in [0.25, 0.3) is 0 Å². The van der Waals surface area contributed by atoms with Gasteiger partial charge in [0.15, 0.2) is 15.7 Å². The number of sulfone groups is 1. The summed E-state index contributed by atoms with van der Waals surface area (Å²) in [6, 6.07) is 12.0. The molecule has 0 aliphatic rings. The highest BCUT2D eigenvalue weighted by atomic mass is 79.9. The van der Waals surface area contributed by atoms with Crippen molar-refractivity contribution >= 4 is 37.5 Å². The molecule has 2 N–H and O–H groups in total. The molecule has 0 saturated carbocycles. The monoisotopic (exact) mass is 486 g/mol. The van der Waals surface area contributed by atoms with Gasteiger partial charge in [-0.3, -0.25) is 0 Å². The molecule has 7 nitrogen and oxygen atoms in total. The first-order chi connectivity index (χ1) is 13.3. The van der Waals surface area contributed by atoms with Crippen LogP contribution in [0, 0.1) is 5.82 Å². The van der Waals surface area contributed by atoms with Gasteiger partial charge in [-0.05, 0) is 48.5 Å². The van der Waals surface area contributed by atoms with Crippen molar-refractivity contribution in [2.45, 2.75) is 16.7 Å². The van der Waals surface area contributed by atoms with Crippen LogP contribution in [-0.2, 0) is 16.4 Å². The van der Waals surface area contributed by atoms with Crippen molar-refractivity contribution in [2.24, 2.45) is 0 Å². The maximum Gasteiger partial charge on any atom is 0.209 e. The summed E-state index contributed by atoms with van der Waals surface area (Å²) < 4.78 is 45.2. The van der Waals surface area contributed by atoms with Gasteiger partial charge in [0.25, 0.3) is 0 Å². The third kappa shape index (κ3) is 5.24. The molecule has 0 amide bonds. The lowest BCUT2D eigenvalue weighted by Gasteiger charge is -2.07. The fraction of sp³-hybridized carbons (Fsp3) is 0.176. The number of hydrogen-bond donors (Lipinski definition) is 1. The minimum absolute atomic E-state index is 0.0485. The molecule has 0 fully saturated rings. The number of nitrogen functional groups attached to an aromatic ring is 1. The summed E-state index contributed by atoms with van der Waals surface area (Å²) in [6.45, 7) is 0.0485. The van der Waals surface area contributed by atoms with E-state index < -0.39 is 9.84 Å². The summed E-state index contributed by atoms with van der Waals surface area (Å²) in [5, 5.41) is 8.28. The average molecular weight is 487 g/mol. The first-order valence-corrected chi connectivity index (χ1v) is 11.5. The Morgan fingerprint density at radius 3 is 2.46 bits per heavy atom. The Morgan fingerprint density at radius 2 is 1.79 bits per heavy atom. The van der Waals surface area contributed by atoms with Crippen LogP contribution in [0.1, 0.15) is 5.82 Å². The zero-order valence-electron chi connectivity index (χ0n) is 14.5. The van der Waals surface area contributed by atoms with Crippen LogP contribution >= 0.6 is 27.7 Å². The molecule has 0 saturated heterocycles. The zero-order chi connectivity index (χ0) is 20.1. The van der Waals surface area contributed by atoms with Gasteiger partial charge in [0.2, 0.25) is 5.16 Å². The highest BCUT2D eigenvalue weighted by Crippen LogP contribution is 2.20. The van der Waals surface area contributed by atoms with Crippen molar-refractivity contribution < 1.29 is 17.5 Å². The van der Waals surface area contributed by atoms with Crippen molar-refractivity contribution in [1.82, 2.24) is 14.9 Å². The maximum atomic E-state index is 12.9. The van der Waals surface area contributed by atoms with Crippen LogP contribution in [0.15, 0.2) is 63.1 Å². The van der Waals surface area contributed by atoms with E-state index in [1.165, 1.54) is 40.7 Å². The van der Waals surface area contributed by atoms with Gasteiger partial charge in [-0.1, -0.05) is 27.7 Å². The molecule has 0 unspecified atom stereocenters. The fourth-order valence-corrected chi connectivity index (χ4v) is 4.97. The minimum atomic E-state index is -3.40. The van der Waals surface area contributed by atoms with E-state index in [1.807, 2.05) is 0 Å². The van der Waals surface area contributed by atoms with Crippen LogP contribution in [0.2, 0.25) is 0 Å². The van der Waals surface area contributed by atoms with Gasteiger partial charge in [-0.2, -0.15) is 0 Å². The number of ether oxygens (including phenoxy) is 1. The zero-order valence-corrected chi connectivity index (χ0v) is 17.7. The molecular formula is C17H16BrFN4O3S2. The van der Waals surface area contributed by atoms with Crippen molar-refractivity contribution in [3.8, 4) is 5.75 Å². The molecule has 3 rings (SSSR count). The molecule has 0 bridgehead atoms. The Morgan fingerprint density at radius 1 is 1.11 bits per heavy atom. The lowest BCUT2D eigenvalue weighted by atomic mass is 10.3. The van der Waals surface area contributed by atoms with Crippen LogP contribution < -0.4 is 10.6 Å². The molecule has 1 heterocycles. The molecule has 148 valence electrons. The molecule has 2 aromatic carbocycles. The SMILES string of the molecule is Nn1c(COc2ccc(F)cc2)nnc1SCCS(=O)(=O)c1ccc(Br)cc1. The number of hydrogen-bond acceptors (Lipinski definition) is 7. The van der Waals surface area contributed by atoms with Crippen LogP contribution in [-0.4, -0.2) is 34.8 Å². The molecule has 0 spiro atoms. The van der Waals surface area contributed by atoms with E-state index in [-0.39, 0.29) is 28.8 Å². The van der Waals surface area contributed by atoms with E-state index in [1.54, 1.807) is 24.3 Å². The highest BCUT2D eigenvalue weighted by Gasteiger charge is 2.16. The number of thioether (sulfide) groups is 1. The lowest BCUT2D eigenvalue weighted by molar-refractivity contribution is 0.291. The summed E-state index contributed by atoms with van der Waals surface area (Å²) in [7, 11) is -3.40. The van der Waals surface area contributed by atoms with Gasteiger partial charge in [0.1, 0.15) is 18.2 Å². The normalized spacial score (nSPS) is 11.5. The Balaban J connectivity index is 1.55. The average Bonchev–Trinajstić information content (AvgIpc) is 3.01. The van der Waals surface area contributed by atoms with Crippen molar-refractivity contribution in [3.05, 3.63) is 64.6 Å². The lowest BCUT2D eigenvalue weighted by Crippen LogP contribution is -2.16. The number of halogens is 2. The molecule has 0 aliphatic carbocycles. The second-order valence-electron chi connectivity index (χ2n) is 5.63. The smallest absolute Gasteiger partial charge is 0.209 e. The van der Waals surface area contributed by atoms with Gasteiger partial charge in [-0.15, -0.1) is 10.2 Å². The largest absolute Gasteiger partial charge is 0.486 e. The summed E-state index contributed by atoms with van der Waals surface area (Å²) in [4.78, 5) is 0.263. The topological polar surface area (TPSA) is 100 Å². The number of rotatable bonds is 8. The van der Waals surface area contributed by atoms with Crippen molar-refractivity contribution in [2.75, 3.05) is 17.3 Å². The molecule has 0 atom stereocenters. The predicted molar refractivity (Wildman–Crippen MR) is 108 cm³/mol. The molecular weight excluding hydrogens is 471 g/mol. The predicted octanol–water partition coefficient (Wildman–Crippen LogP) is 3.04. The number of benzene rings is 2. The van der Waals surface area contributed by atoms with Crippen molar-refractivity contribution in [3.63, 3.8) is 0 Å². The number of aromatic nitrogens is 3. The summed E-state index contributed by atoms with van der Waals surface area (Å²) in [6.07, 6.45) is 0. The summed E-state index contributed by atoms with van der Waals surface area (Å²) >= 11 is 4.47. The Labute approximate surface area is 174 Å². The van der Waals surface area contributed by atoms with Gasteiger partial charge < -0.3 is 10.6 Å². The maximum absolute atomic E-state index is 12.9. The standard InChI is InChI=1S/C17H16BrFN4O3S2/c18-12-1-7-15(8-2-12)28(24,25)10-9-27-17-22-21-16(23(17)20)11-26-14-5-3-13(19)4-6-14/h1-8H,9-11,20H2. The van der Waals surface area contributed by atoms with Crippen LogP contribution in [0.5, 0.6) is 5.75 Å². The van der Waals surface area contributed by atoms with Crippen LogP contribution in [0.3, 0.4) is 0 Å². The Hall–Kier alpha value is -2.11. The molecule has 0 radical (unpaired) electrons. The van der Waals surface area contributed by atoms with Crippen LogP contribution in [0.4, 0.5) is 4.39 Å². The summed E-state index contributed by atoms with van der Waals surface area (Å²) in [5.41, 5.74) is 0. The quantitative estimate of drug-likeness (QED) is 0.385. The minimum Gasteiger partial charge on any atom is -0.486 e. The van der Waals surface area contributed by atoms with E-state index in [0.717, 1.165) is 4.47 Å². The van der Waals surface area contributed by atoms with E-state index in [0.29, 0.717) is 16.7 Å². The second-order valence-corrected chi connectivity index (χ2v) is 9.72. The highest BCUT2D eigenvalue weighted by molar-refractivity contribution is 9.10. The van der Waals surface area contributed by atoms with E-state index in [9.17, 15) is 12.8 Å². The van der Waals surface area contributed by atoms with Gasteiger partial charge in [-0.25, -0.2) is 17.5 Å². The van der Waals surface area contributed by atoms with Gasteiger partial charge in [0, 0.05) is 10.2 Å². The third-order valence-electron chi connectivity index (χ3n) is 3.67. The Kier molecular flexibility index (Phi) is 6.57. The molecule has 11 heteroatoms. The molecule has 1 aromatic heterocycles. The Bertz CT molecular complexity index is 1040. The molecule has 28 heavy (non-hydrogen) atoms. The first kappa shape index (κ1) is 20.6. The second kappa shape index (κ2) is 8.93. The number of nitrogens with zero attached hydrogens (tertiary/aromatic N) is 3.